The minimum absolute atomic E-state index is 0.416. The summed E-state index contributed by atoms with van der Waals surface area (Å²) >= 11 is 15.5. The second-order valence-corrected chi connectivity index (χ2v) is 6.59. The van der Waals surface area contributed by atoms with E-state index in [-0.39, 0.29) is 0 Å². The highest BCUT2D eigenvalue weighted by Gasteiger charge is 2.12. The maximum absolute atomic E-state index is 6.03. The molecule has 24 heavy (non-hydrogen) atoms. The van der Waals surface area contributed by atoms with Crippen LogP contribution in [0, 0.1) is 0 Å². The molecule has 2 aromatic rings. The molecule has 0 fully saturated rings. The van der Waals surface area contributed by atoms with Gasteiger partial charge in [-0.3, -0.25) is 0 Å². The van der Waals surface area contributed by atoms with Crippen LogP contribution < -0.4 is 14.8 Å². The third-order valence-electron chi connectivity index (χ3n) is 3.13. The number of ether oxygens (including phenoxy) is 2. The summed E-state index contributed by atoms with van der Waals surface area (Å²) in [4.78, 5) is 0. The highest BCUT2D eigenvalue weighted by molar-refractivity contribution is 9.10. The monoisotopic (exact) mass is 429 g/mol. The molecule has 3 nitrogen and oxygen atoms in total. The standard InChI is InChI=1S/C18H18BrCl2NO2/c1-3-7-24-18-14(19)8-12(9-17(18)23-4-2)11-22-13-5-6-15(20)16(21)10-13/h3,5-6,8-10,22H,1,4,7,11H2,2H3. The van der Waals surface area contributed by atoms with Crippen molar-refractivity contribution in [2.24, 2.45) is 0 Å². The zero-order valence-electron chi connectivity index (χ0n) is 13.2. The molecule has 0 aliphatic rings. The average Bonchev–Trinajstić information content (AvgIpc) is 2.55. The molecule has 128 valence electrons. The van der Waals surface area contributed by atoms with E-state index >= 15 is 0 Å². The summed E-state index contributed by atoms with van der Waals surface area (Å²) < 4.78 is 12.2. The van der Waals surface area contributed by atoms with Gasteiger partial charge >= 0.3 is 0 Å². The molecule has 0 spiro atoms. The molecule has 6 heteroatoms. The van der Waals surface area contributed by atoms with Crippen LogP contribution in [0.3, 0.4) is 0 Å². The van der Waals surface area contributed by atoms with Gasteiger partial charge < -0.3 is 14.8 Å². The van der Waals surface area contributed by atoms with Crippen molar-refractivity contribution in [3.8, 4) is 11.5 Å². The van der Waals surface area contributed by atoms with E-state index in [2.05, 4.69) is 27.8 Å². The van der Waals surface area contributed by atoms with Gasteiger partial charge in [-0.05, 0) is 58.7 Å². The summed E-state index contributed by atoms with van der Waals surface area (Å²) in [6.07, 6.45) is 1.70. The van der Waals surface area contributed by atoms with Gasteiger partial charge in [0.1, 0.15) is 6.61 Å². The topological polar surface area (TPSA) is 30.5 Å². The number of anilines is 1. The lowest BCUT2D eigenvalue weighted by molar-refractivity contribution is 0.295. The van der Waals surface area contributed by atoms with E-state index in [1.54, 1.807) is 18.2 Å². The van der Waals surface area contributed by atoms with Crippen molar-refractivity contribution in [2.45, 2.75) is 13.5 Å². The molecule has 0 radical (unpaired) electrons. The lowest BCUT2D eigenvalue weighted by Crippen LogP contribution is -2.03. The summed E-state index contributed by atoms with van der Waals surface area (Å²) in [7, 11) is 0. The first-order valence-electron chi connectivity index (χ1n) is 7.43. The van der Waals surface area contributed by atoms with Crippen LogP contribution in [0.2, 0.25) is 10.0 Å². The average molecular weight is 431 g/mol. The van der Waals surface area contributed by atoms with Gasteiger partial charge in [-0.15, -0.1) is 0 Å². The SMILES string of the molecule is C=CCOc1c(Br)cc(CNc2ccc(Cl)c(Cl)c2)cc1OCC. The normalized spacial score (nSPS) is 10.3. The molecule has 0 aromatic heterocycles. The molecule has 2 aromatic carbocycles. The highest BCUT2D eigenvalue weighted by Crippen LogP contribution is 2.37. The van der Waals surface area contributed by atoms with E-state index in [9.17, 15) is 0 Å². The van der Waals surface area contributed by atoms with Gasteiger partial charge in [0.25, 0.3) is 0 Å². The first kappa shape index (κ1) is 19.0. The zero-order valence-corrected chi connectivity index (χ0v) is 16.3. The Bertz CT molecular complexity index is 722. The Hall–Kier alpha value is -1.36. The quantitative estimate of drug-likeness (QED) is 0.496. The minimum atomic E-state index is 0.416. The first-order chi connectivity index (χ1) is 11.5. The van der Waals surface area contributed by atoms with Gasteiger partial charge in [-0.1, -0.05) is 35.9 Å². The van der Waals surface area contributed by atoms with Crippen molar-refractivity contribution < 1.29 is 9.47 Å². The molecule has 0 saturated carbocycles. The molecule has 0 heterocycles. The van der Waals surface area contributed by atoms with E-state index in [1.807, 2.05) is 25.1 Å². The van der Waals surface area contributed by atoms with Crippen LogP contribution in [0.1, 0.15) is 12.5 Å². The first-order valence-corrected chi connectivity index (χ1v) is 8.97. The van der Waals surface area contributed by atoms with E-state index in [4.69, 9.17) is 32.7 Å². The largest absolute Gasteiger partial charge is 0.490 e. The fourth-order valence-corrected chi connectivity index (χ4v) is 2.98. The van der Waals surface area contributed by atoms with Crippen molar-refractivity contribution in [2.75, 3.05) is 18.5 Å². The van der Waals surface area contributed by atoms with Gasteiger partial charge in [0.15, 0.2) is 11.5 Å². The summed E-state index contributed by atoms with van der Waals surface area (Å²) in [6, 6.07) is 9.39. The Labute approximate surface area is 160 Å². The number of rotatable bonds is 8. The molecule has 0 unspecified atom stereocenters. The Morgan fingerprint density at radius 1 is 1.17 bits per heavy atom. The number of hydrogen-bond acceptors (Lipinski definition) is 3. The minimum Gasteiger partial charge on any atom is -0.490 e. The van der Waals surface area contributed by atoms with Crippen LogP contribution >= 0.6 is 39.1 Å². The molecule has 0 aliphatic carbocycles. The van der Waals surface area contributed by atoms with Crippen molar-refractivity contribution in [3.63, 3.8) is 0 Å². The second kappa shape index (κ2) is 9.21. The highest BCUT2D eigenvalue weighted by atomic mass is 79.9. The lowest BCUT2D eigenvalue weighted by Gasteiger charge is -2.15. The molecule has 0 amide bonds. The van der Waals surface area contributed by atoms with Crippen molar-refractivity contribution >= 4 is 44.8 Å². The fraction of sp³-hybridized carbons (Fsp3) is 0.222. The maximum atomic E-state index is 6.03. The third kappa shape index (κ3) is 5.07. The van der Waals surface area contributed by atoms with Crippen LogP contribution in [0.4, 0.5) is 5.69 Å². The number of hydrogen-bond donors (Lipinski definition) is 1. The molecule has 0 bridgehead atoms. The van der Waals surface area contributed by atoms with E-state index in [0.717, 1.165) is 15.7 Å². The number of benzene rings is 2. The van der Waals surface area contributed by atoms with Crippen LogP contribution in [0.15, 0.2) is 47.5 Å². The molecule has 0 atom stereocenters. The predicted octanol–water partition coefficient (Wildman–Crippen LogP) is 6.33. The second-order valence-electron chi connectivity index (χ2n) is 4.92. The molecule has 0 aliphatic heterocycles. The summed E-state index contributed by atoms with van der Waals surface area (Å²) in [5, 5.41) is 4.37. The summed E-state index contributed by atoms with van der Waals surface area (Å²) in [5.41, 5.74) is 1.94. The summed E-state index contributed by atoms with van der Waals surface area (Å²) in [6.45, 7) is 7.18. The zero-order chi connectivity index (χ0) is 17.5. The van der Waals surface area contributed by atoms with Gasteiger partial charge in [-0.2, -0.15) is 0 Å². The third-order valence-corrected chi connectivity index (χ3v) is 4.46. The molecule has 2 rings (SSSR count). The van der Waals surface area contributed by atoms with E-state index in [1.165, 1.54) is 0 Å². The van der Waals surface area contributed by atoms with Crippen molar-refractivity contribution in [1.82, 2.24) is 0 Å². The fourth-order valence-electron chi connectivity index (χ4n) is 2.08. The van der Waals surface area contributed by atoms with Crippen molar-refractivity contribution in [1.29, 1.82) is 0 Å². The Morgan fingerprint density at radius 2 is 1.96 bits per heavy atom. The smallest absolute Gasteiger partial charge is 0.175 e. The Morgan fingerprint density at radius 3 is 2.62 bits per heavy atom. The van der Waals surface area contributed by atoms with Crippen LogP contribution in [0.25, 0.3) is 0 Å². The van der Waals surface area contributed by atoms with E-state index in [0.29, 0.717) is 41.3 Å². The van der Waals surface area contributed by atoms with E-state index < -0.39 is 0 Å². The molecular formula is C18H18BrCl2NO2. The maximum Gasteiger partial charge on any atom is 0.175 e. The van der Waals surface area contributed by atoms with Gasteiger partial charge in [0, 0.05) is 12.2 Å². The molecular weight excluding hydrogens is 413 g/mol. The van der Waals surface area contributed by atoms with Gasteiger partial charge in [0.05, 0.1) is 21.1 Å². The summed E-state index contributed by atoms with van der Waals surface area (Å²) in [5.74, 6) is 1.37. The van der Waals surface area contributed by atoms with Gasteiger partial charge in [0.2, 0.25) is 0 Å². The Balaban J connectivity index is 2.17. The predicted molar refractivity (Wildman–Crippen MR) is 105 cm³/mol. The lowest BCUT2D eigenvalue weighted by atomic mass is 10.2. The number of halogens is 3. The number of nitrogens with one attached hydrogen (secondary N) is 1. The Kier molecular flexibility index (Phi) is 7.28. The molecule has 0 saturated heterocycles. The van der Waals surface area contributed by atoms with Crippen molar-refractivity contribution in [3.05, 3.63) is 63.1 Å². The van der Waals surface area contributed by atoms with Crippen LogP contribution in [-0.4, -0.2) is 13.2 Å². The van der Waals surface area contributed by atoms with Crippen LogP contribution in [-0.2, 0) is 6.54 Å². The van der Waals surface area contributed by atoms with Gasteiger partial charge in [-0.25, -0.2) is 0 Å². The van der Waals surface area contributed by atoms with Crippen LogP contribution in [0.5, 0.6) is 11.5 Å². The molecule has 1 N–H and O–H groups in total.